The zero-order valence-electron chi connectivity index (χ0n) is 15.3. The first-order chi connectivity index (χ1) is 13.8. The highest BCUT2D eigenvalue weighted by Gasteiger charge is 2.21. The Bertz CT molecular complexity index is 990. The van der Waals surface area contributed by atoms with Crippen molar-refractivity contribution in [1.29, 1.82) is 0 Å². The molecule has 1 amide bonds. The van der Waals surface area contributed by atoms with E-state index in [1.165, 1.54) is 12.1 Å². The van der Waals surface area contributed by atoms with E-state index in [1.54, 1.807) is 10.9 Å². The monoisotopic (exact) mass is 411 g/mol. The molecule has 1 N–H and O–H groups in total. The zero-order chi connectivity index (χ0) is 21.0. The van der Waals surface area contributed by atoms with E-state index in [4.69, 9.17) is 9.15 Å². The Kier molecular flexibility index (Phi) is 6.20. The number of rotatable bonds is 8. The van der Waals surface area contributed by atoms with Crippen molar-refractivity contribution in [3.8, 4) is 5.75 Å². The molecule has 6 nitrogen and oxygen atoms in total. The standard InChI is InChI=1S/C19H17F4N3O3/c1-11-8-25-26(9-11)6-2-5-24-19(27)15-4-3-12(29-15)10-28-18-16(22)13(20)7-14(21)17(18)23/h3-4,7-9H,2,5-6,10H2,1H3,(H,24,27). The van der Waals surface area contributed by atoms with Crippen molar-refractivity contribution >= 4 is 5.91 Å². The SMILES string of the molecule is Cc1cnn(CCCNC(=O)c2ccc(COc3c(F)c(F)cc(F)c3F)o2)c1. The fraction of sp³-hybridized carbons (Fsp3) is 0.263. The number of benzene rings is 1. The van der Waals surface area contributed by atoms with Crippen LogP contribution in [-0.4, -0.2) is 22.2 Å². The Morgan fingerprint density at radius 3 is 2.59 bits per heavy atom. The molecule has 0 saturated carbocycles. The van der Waals surface area contributed by atoms with Crippen LogP contribution in [0.15, 0.2) is 35.0 Å². The predicted octanol–water partition coefficient (Wildman–Crippen LogP) is 3.74. The summed E-state index contributed by atoms with van der Waals surface area (Å²) < 4.78 is 65.3. The highest BCUT2D eigenvalue weighted by Crippen LogP contribution is 2.27. The molecule has 0 atom stereocenters. The summed E-state index contributed by atoms with van der Waals surface area (Å²) in [6.07, 6.45) is 4.27. The van der Waals surface area contributed by atoms with Gasteiger partial charge in [-0.3, -0.25) is 9.48 Å². The number of aryl methyl sites for hydroxylation is 2. The molecule has 2 heterocycles. The number of hydrogen-bond donors (Lipinski definition) is 1. The van der Waals surface area contributed by atoms with Crippen LogP contribution in [0.3, 0.4) is 0 Å². The van der Waals surface area contributed by atoms with E-state index in [-0.39, 0.29) is 17.6 Å². The largest absolute Gasteiger partial charge is 0.479 e. The Labute approximate surface area is 163 Å². The normalized spacial score (nSPS) is 10.9. The minimum absolute atomic E-state index is 0.0371. The van der Waals surface area contributed by atoms with Gasteiger partial charge >= 0.3 is 0 Å². The minimum atomic E-state index is -1.65. The highest BCUT2D eigenvalue weighted by molar-refractivity contribution is 5.91. The summed E-state index contributed by atoms with van der Waals surface area (Å²) in [5.74, 6) is -8.13. The van der Waals surface area contributed by atoms with Crippen LogP contribution in [-0.2, 0) is 13.2 Å². The van der Waals surface area contributed by atoms with Gasteiger partial charge in [-0.1, -0.05) is 0 Å². The molecule has 1 aromatic carbocycles. The van der Waals surface area contributed by atoms with Crippen LogP contribution in [0.1, 0.15) is 28.3 Å². The second kappa shape index (κ2) is 8.80. The fourth-order valence-corrected chi connectivity index (χ4v) is 2.52. The summed E-state index contributed by atoms with van der Waals surface area (Å²) in [6.45, 7) is 2.41. The summed E-state index contributed by atoms with van der Waals surface area (Å²) >= 11 is 0. The molecule has 0 saturated heterocycles. The first-order valence-corrected chi connectivity index (χ1v) is 8.67. The quantitative estimate of drug-likeness (QED) is 0.348. The maximum atomic E-state index is 13.6. The summed E-state index contributed by atoms with van der Waals surface area (Å²) in [4.78, 5) is 12.1. The van der Waals surface area contributed by atoms with Crippen molar-refractivity contribution < 1.29 is 31.5 Å². The number of carbonyl (C=O) groups is 1. The second-order valence-electron chi connectivity index (χ2n) is 6.24. The van der Waals surface area contributed by atoms with Gasteiger partial charge in [0.2, 0.25) is 11.6 Å². The van der Waals surface area contributed by atoms with E-state index in [0.29, 0.717) is 19.5 Å². The van der Waals surface area contributed by atoms with Gasteiger partial charge in [0.15, 0.2) is 23.1 Å². The van der Waals surface area contributed by atoms with E-state index in [9.17, 15) is 22.4 Å². The molecule has 0 fully saturated rings. The lowest BCUT2D eigenvalue weighted by atomic mass is 10.3. The number of amides is 1. The summed E-state index contributed by atoms with van der Waals surface area (Å²) in [6, 6.07) is 2.79. The van der Waals surface area contributed by atoms with Crippen molar-refractivity contribution in [1.82, 2.24) is 15.1 Å². The van der Waals surface area contributed by atoms with E-state index >= 15 is 0 Å². The minimum Gasteiger partial charge on any atom is -0.479 e. The van der Waals surface area contributed by atoms with Crippen LogP contribution in [0, 0.1) is 30.2 Å². The lowest BCUT2D eigenvalue weighted by molar-refractivity contribution is 0.0920. The van der Waals surface area contributed by atoms with Gasteiger partial charge in [-0.2, -0.15) is 13.9 Å². The molecule has 154 valence electrons. The lowest BCUT2D eigenvalue weighted by Crippen LogP contribution is -2.24. The number of halogens is 4. The first kappa shape index (κ1) is 20.4. The average molecular weight is 411 g/mol. The first-order valence-electron chi connectivity index (χ1n) is 8.67. The van der Waals surface area contributed by atoms with Crippen molar-refractivity contribution in [2.75, 3.05) is 6.54 Å². The molecule has 0 radical (unpaired) electrons. The Balaban J connectivity index is 1.51. The van der Waals surface area contributed by atoms with Gasteiger partial charge < -0.3 is 14.5 Å². The molecular formula is C19H17F4N3O3. The Morgan fingerprint density at radius 2 is 1.93 bits per heavy atom. The average Bonchev–Trinajstić information content (AvgIpc) is 3.32. The maximum Gasteiger partial charge on any atom is 0.286 e. The van der Waals surface area contributed by atoms with Crippen molar-refractivity contribution in [3.05, 3.63) is 70.9 Å². The van der Waals surface area contributed by atoms with Crippen LogP contribution in [0.25, 0.3) is 0 Å². The molecule has 0 unspecified atom stereocenters. The van der Waals surface area contributed by atoms with Crippen molar-refractivity contribution in [2.45, 2.75) is 26.5 Å². The third-order valence-electron chi connectivity index (χ3n) is 3.93. The molecule has 3 rings (SSSR count). The van der Waals surface area contributed by atoms with Crippen LogP contribution in [0.5, 0.6) is 5.75 Å². The number of ether oxygens (including phenoxy) is 1. The number of nitrogens with zero attached hydrogens (tertiary/aromatic N) is 2. The van der Waals surface area contributed by atoms with Crippen LogP contribution in [0.4, 0.5) is 17.6 Å². The number of furan rings is 1. The molecule has 0 aliphatic rings. The molecule has 2 aromatic heterocycles. The smallest absolute Gasteiger partial charge is 0.286 e. The molecule has 0 aliphatic carbocycles. The van der Waals surface area contributed by atoms with E-state index in [0.717, 1.165) is 5.56 Å². The van der Waals surface area contributed by atoms with Gasteiger partial charge in [0, 0.05) is 25.4 Å². The fourth-order valence-electron chi connectivity index (χ4n) is 2.52. The number of hydrogen-bond acceptors (Lipinski definition) is 4. The molecule has 3 aromatic rings. The summed E-state index contributed by atoms with van der Waals surface area (Å²) in [5.41, 5.74) is 1.04. The van der Waals surface area contributed by atoms with Gasteiger partial charge in [-0.15, -0.1) is 0 Å². The molecule has 0 bridgehead atoms. The summed E-state index contributed by atoms with van der Waals surface area (Å²) in [5, 5.41) is 6.80. The van der Waals surface area contributed by atoms with Crippen molar-refractivity contribution in [3.63, 3.8) is 0 Å². The highest BCUT2D eigenvalue weighted by atomic mass is 19.2. The van der Waals surface area contributed by atoms with Gasteiger partial charge in [0.05, 0.1) is 6.20 Å². The number of carbonyl (C=O) groups excluding carboxylic acids is 1. The number of aromatic nitrogens is 2. The third-order valence-corrected chi connectivity index (χ3v) is 3.93. The molecule has 0 spiro atoms. The van der Waals surface area contributed by atoms with Gasteiger partial charge in [-0.05, 0) is 31.0 Å². The predicted molar refractivity (Wildman–Crippen MR) is 93.2 cm³/mol. The van der Waals surface area contributed by atoms with E-state index < -0.39 is 41.5 Å². The van der Waals surface area contributed by atoms with Crippen LogP contribution < -0.4 is 10.1 Å². The van der Waals surface area contributed by atoms with Crippen molar-refractivity contribution in [2.24, 2.45) is 0 Å². The Hall–Kier alpha value is -3.30. The van der Waals surface area contributed by atoms with E-state index in [2.05, 4.69) is 10.4 Å². The third kappa shape index (κ3) is 4.95. The second-order valence-corrected chi connectivity index (χ2v) is 6.24. The molecule has 29 heavy (non-hydrogen) atoms. The lowest BCUT2D eigenvalue weighted by Gasteiger charge is -2.08. The zero-order valence-corrected chi connectivity index (χ0v) is 15.3. The molecule has 0 aliphatic heterocycles. The number of nitrogens with one attached hydrogen (secondary N) is 1. The Morgan fingerprint density at radius 1 is 1.21 bits per heavy atom. The topological polar surface area (TPSA) is 69.3 Å². The van der Waals surface area contributed by atoms with E-state index in [1.807, 2.05) is 13.1 Å². The van der Waals surface area contributed by atoms with Gasteiger partial charge in [-0.25, -0.2) is 8.78 Å². The summed E-state index contributed by atoms with van der Waals surface area (Å²) in [7, 11) is 0. The van der Waals surface area contributed by atoms with Crippen LogP contribution in [0.2, 0.25) is 0 Å². The molecular weight excluding hydrogens is 394 g/mol. The molecule has 10 heteroatoms. The van der Waals surface area contributed by atoms with Crippen LogP contribution >= 0.6 is 0 Å². The van der Waals surface area contributed by atoms with Gasteiger partial charge in [0.1, 0.15) is 12.4 Å². The van der Waals surface area contributed by atoms with Gasteiger partial charge in [0.25, 0.3) is 5.91 Å². The maximum absolute atomic E-state index is 13.6.